The first-order valence-electron chi connectivity index (χ1n) is 5.89. The molecule has 20 heavy (non-hydrogen) atoms. The van der Waals surface area contributed by atoms with Crippen molar-refractivity contribution in [2.45, 2.75) is 20.0 Å². The van der Waals surface area contributed by atoms with Crippen molar-refractivity contribution >= 4 is 11.6 Å². The monoisotopic (exact) mass is 278 g/mol. The van der Waals surface area contributed by atoms with Crippen molar-refractivity contribution in [2.24, 2.45) is 7.05 Å². The molecule has 0 bridgehead atoms. The smallest absolute Gasteiger partial charge is 0.309 e. The summed E-state index contributed by atoms with van der Waals surface area (Å²) in [6, 6.07) is 1.79. The van der Waals surface area contributed by atoms with E-state index in [4.69, 9.17) is 0 Å². The van der Waals surface area contributed by atoms with Crippen LogP contribution in [0.25, 0.3) is 0 Å². The molecule has 0 spiro atoms. The van der Waals surface area contributed by atoms with Gasteiger partial charge in [-0.05, 0) is 13.0 Å². The molecule has 0 saturated heterocycles. The number of amides is 1. The number of nitro groups is 1. The number of hydrogen-bond donors (Lipinski definition) is 1. The van der Waals surface area contributed by atoms with Gasteiger partial charge in [-0.1, -0.05) is 0 Å². The molecule has 0 aliphatic heterocycles. The summed E-state index contributed by atoms with van der Waals surface area (Å²) >= 11 is 0. The van der Waals surface area contributed by atoms with Gasteiger partial charge in [-0.3, -0.25) is 24.3 Å². The number of aryl methyl sites for hydroxylation is 2. The van der Waals surface area contributed by atoms with Gasteiger partial charge in [0.25, 0.3) is 0 Å². The molecule has 0 fully saturated rings. The first kappa shape index (κ1) is 13.7. The zero-order chi connectivity index (χ0) is 14.7. The van der Waals surface area contributed by atoms with Crippen molar-refractivity contribution < 1.29 is 9.72 Å². The van der Waals surface area contributed by atoms with E-state index in [0.717, 1.165) is 5.69 Å². The average molecular weight is 278 g/mol. The first-order chi connectivity index (χ1) is 9.47. The number of hydrogen-bond acceptors (Lipinski definition) is 5. The minimum absolute atomic E-state index is 0.0630. The van der Waals surface area contributed by atoms with Crippen molar-refractivity contribution in [3.8, 4) is 0 Å². The minimum Gasteiger partial charge on any atom is -0.349 e. The molecule has 1 N–H and O–H groups in total. The van der Waals surface area contributed by atoms with Crippen molar-refractivity contribution in [1.29, 1.82) is 0 Å². The zero-order valence-corrected chi connectivity index (χ0v) is 11.1. The Hall–Kier alpha value is -2.71. The second-order valence-corrected chi connectivity index (χ2v) is 4.28. The molecule has 2 aromatic rings. The average Bonchev–Trinajstić information content (AvgIpc) is 2.93. The highest BCUT2D eigenvalue weighted by Gasteiger charge is 2.16. The van der Waals surface area contributed by atoms with Crippen LogP contribution in [0.2, 0.25) is 0 Å². The van der Waals surface area contributed by atoms with Gasteiger partial charge in [0.15, 0.2) is 0 Å². The lowest BCUT2D eigenvalue weighted by Gasteiger charge is -2.05. The highest BCUT2D eigenvalue weighted by molar-refractivity contribution is 5.75. The number of carbonyl (C=O) groups is 1. The SMILES string of the molecule is Cc1nn(CC(=O)NCc2ccnn2C)cc1[N+](=O)[O-]. The summed E-state index contributed by atoms with van der Waals surface area (Å²) in [6.07, 6.45) is 2.89. The van der Waals surface area contributed by atoms with Crippen molar-refractivity contribution in [1.82, 2.24) is 24.9 Å². The zero-order valence-electron chi connectivity index (χ0n) is 11.1. The Bertz CT molecular complexity index is 644. The van der Waals surface area contributed by atoms with Gasteiger partial charge in [0.05, 0.1) is 17.2 Å². The van der Waals surface area contributed by atoms with E-state index >= 15 is 0 Å². The van der Waals surface area contributed by atoms with Gasteiger partial charge in [-0.25, -0.2) is 0 Å². The minimum atomic E-state index is -0.521. The highest BCUT2D eigenvalue weighted by atomic mass is 16.6. The third kappa shape index (κ3) is 2.99. The van der Waals surface area contributed by atoms with E-state index in [9.17, 15) is 14.9 Å². The van der Waals surface area contributed by atoms with Crippen LogP contribution in [0.15, 0.2) is 18.5 Å². The molecular formula is C11H14N6O3. The maximum absolute atomic E-state index is 11.7. The van der Waals surface area contributed by atoms with Crippen LogP contribution in [0.5, 0.6) is 0 Å². The summed E-state index contributed by atoms with van der Waals surface area (Å²) in [6.45, 7) is 1.81. The van der Waals surface area contributed by atoms with Crippen LogP contribution in [-0.4, -0.2) is 30.4 Å². The third-order valence-corrected chi connectivity index (χ3v) is 2.81. The number of nitrogens with one attached hydrogen (secondary N) is 1. The summed E-state index contributed by atoms with van der Waals surface area (Å²) in [5, 5.41) is 21.3. The molecule has 2 rings (SSSR count). The Labute approximate surface area is 114 Å². The summed E-state index contributed by atoms with van der Waals surface area (Å²) in [7, 11) is 1.78. The van der Waals surface area contributed by atoms with E-state index in [1.807, 2.05) is 0 Å². The summed E-state index contributed by atoms with van der Waals surface area (Å²) in [5.41, 5.74) is 1.06. The van der Waals surface area contributed by atoms with Gasteiger partial charge in [-0.15, -0.1) is 0 Å². The molecule has 0 aromatic carbocycles. The van der Waals surface area contributed by atoms with E-state index in [2.05, 4.69) is 15.5 Å². The molecule has 0 unspecified atom stereocenters. The number of aromatic nitrogens is 4. The fourth-order valence-corrected chi connectivity index (χ4v) is 1.73. The molecule has 0 saturated carbocycles. The van der Waals surface area contributed by atoms with Gasteiger partial charge in [0.1, 0.15) is 18.4 Å². The molecule has 9 nitrogen and oxygen atoms in total. The number of rotatable bonds is 5. The summed E-state index contributed by atoms with van der Waals surface area (Å²) < 4.78 is 2.91. The standard InChI is InChI=1S/C11H14N6O3/c1-8-10(17(19)20)6-16(14-8)7-11(18)12-5-9-3-4-13-15(9)2/h3-4,6H,5,7H2,1-2H3,(H,12,18). The molecule has 0 atom stereocenters. The molecule has 0 radical (unpaired) electrons. The fraction of sp³-hybridized carbons (Fsp3) is 0.364. The first-order valence-corrected chi connectivity index (χ1v) is 5.89. The van der Waals surface area contributed by atoms with Gasteiger partial charge in [0, 0.05) is 13.2 Å². The summed E-state index contributed by atoms with van der Waals surface area (Å²) in [5.74, 6) is -0.274. The largest absolute Gasteiger partial charge is 0.349 e. The van der Waals surface area contributed by atoms with Crippen LogP contribution in [0, 0.1) is 17.0 Å². The topological polar surface area (TPSA) is 108 Å². The van der Waals surface area contributed by atoms with E-state index < -0.39 is 4.92 Å². The second kappa shape index (κ2) is 5.51. The predicted molar refractivity (Wildman–Crippen MR) is 68.7 cm³/mol. The third-order valence-electron chi connectivity index (χ3n) is 2.81. The Morgan fingerprint density at radius 3 is 2.85 bits per heavy atom. The highest BCUT2D eigenvalue weighted by Crippen LogP contribution is 2.14. The molecule has 1 amide bonds. The quantitative estimate of drug-likeness (QED) is 0.618. The number of carbonyl (C=O) groups excluding carboxylic acids is 1. The second-order valence-electron chi connectivity index (χ2n) is 4.28. The van der Waals surface area contributed by atoms with Crippen LogP contribution >= 0.6 is 0 Å². The van der Waals surface area contributed by atoms with Gasteiger partial charge >= 0.3 is 5.69 Å². The van der Waals surface area contributed by atoms with Crippen LogP contribution in [0.1, 0.15) is 11.4 Å². The van der Waals surface area contributed by atoms with Crippen LogP contribution in [-0.2, 0) is 24.9 Å². The van der Waals surface area contributed by atoms with E-state index in [-0.39, 0.29) is 23.8 Å². The molecule has 0 aliphatic carbocycles. The molecule has 9 heteroatoms. The van der Waals surface area contributed by atoms with Gasteiger partial charge in [-0.2, -0.15) is 10.2 Å². The molecule has 2 aromatic heterocycles. The maximum Gasteiger partial charge on any atom is 0.309 e. The van der Waals surface area contributed by atoms with E-state index in [0.29, 0.717) is 6.54 Å². The van der Waals surface area contributed by atoms with Crippen LogP contribution in [0.3, 0.4) is 0 Å². The van der Waals surface area contributed by atoms with Gasteiger partial charge in [0.2, 0.25) is 5.91 Å². The fourth-order valence-electron chi connectivity index (χ4n) is 1.73. The number of nitrogens with zero attached hydrogens (tertiary/aromatic N) is 5. The van der Waals surface area contributed by atoms with Gasteiger partial charge < -0.3 is 5.32 Å². The Morgan fingerprint density at radius 1 is 1.55 bits per heavy atom. The predicted octanol–water partition coefficient (Wildman–Crippen LogP) is 0.150. The lowest BCUT2D eigenvalue weighted by Crippen LogP contribution is -2.28. The van der Waals surface area contributed by atoms with E-state index in [1.54, 1.807) is 24.0 Å². The summed E-state index contributed by atoms with van der Waals surface area (Å²) in [4.78, 5) is 21.9. The van der Waals surface area contributed by atoms with Crippen molar-refractivity contribution in [2.75, 3.05) is 0 Å². The Balaban J connectivity index is 1.93. The lowest BCUT2D eigenvalue weighted by atomic mass is 10.4. The normalized spacial score (nSPS) is 10.5. The molecule has 106 valence electrons. The van der Waals surface area contributed by atoms with Crippen molar-refractivity contribution in [3.63, 3.8) is 0 Å². The van der Waals surface area contributed by atoms with Crippen LogP contribution in [0.4, 0.5) is 5.69 Å². The lowest BCUT2D eigenvalue weighted by molar-refractivity contribution is -0.385. The van der Waals surface area contributed by atoms with E-state index in [1.165, 1.54) is 17.8 Å². The van der Waals surface area contributed by atoms with Crippen molar-refractivity contribution in [3.05, 3.63) is 40.0 Å². The Kier molecular flexibility index (Phi) is 3.78. The maximum atomic E-state index is 11.7. The molecule has 0 aliphatic rings. The molecule has 2 heterocycles. The Morgan fingerprint density at radius 2 is 2.30 bits per heavy atom. The van der Waals surface area contributed by atoms with Crippen LogP contribution < -0.4 is 5.32 Å². The molecular weight excluding hydrogens is 264 g/mol.